The average molecular weight is 414 g/mol. The first-order valence-electron chi connectivity index (χ1n) is 8.90. The highest BCUT2D eigenvalue weighted by atomic mass is 32.2. The molecule has 1 N–H and O–H groups in total. The number of carbonyl (C=O) groups is 2. The van der Waals surface area contributed by atoms with Gasteiger partial charge in [0, 0.05) is 18.5 Å². The lowest BCUT2D eigenvalue weighted by atomic mass is 9.98. The first-order valence-corrected chi connectivity index (χ1v) is 10.4. The van der Waals surface area contributed by atoms with Gasteiger partial charge in [0.25, 0.3) is 0 Å². The molecule has 7 nitrogen and oxygen atoms in total. The summed E-state index contributed by atoms with van der Waals surface area (Å²) in [6, 6.07) is 10.7. The predicted molar refractivity (Wildman–Crippen MR) is 107 cm³/mol. The van der Waals surface area contributed by atoms with Crippen LogP contribution in [0.25, 0.3) is 0 Å². The van der Waals surface area contributed by atoms with E-state index in [0.29, 0.717) is 5.56 Å². The van der Waals surface area contributed by atoms with Gasteiger partial charge < -0.3 is 4.74 Å². The van der Waals surface area contributed by atoms with E-state index in [-0.39, 0.29) is 29.2 Å². The highest BCUT2D eigenvalue weighted by Crippen LogP contribution is 2.17. The fourth-order valence-electron chi connectivity index (χ4n) is 2.65. The Kier molecular flexibility index (Phi) is 7.26. The second kappa shape index (κ2) is 9.45. The summed E-state index contributed by atoms with van der Waals surface area (Å²) in [5.74, 6) is -1.03. The van der Waals surface area contributed by atoms with Gasteiger partial charge in [-0.05, 0) is 67.8 Å². The van der Waals surface area contributed by atoms with Gasteiger partial charge in [-0.3, -0.25) is 4.79 Å². The maximum absolute atomic E-state index is 12.4. The van der Waals surface area contributed by atoms with Crippen LogP contribution in [0.2, 0.25) is 0 Å². The SMILES string of the molecule is Cc1cc(C)c(C(=O)COC(=O)c2ccc(S(=O)(=O)NCCC#N)cc2)cc1C. The molecule has 0 spiro atoms. The van der Waals surface area contributed by atoms with Crippen molar-refractivity contribution in [2.24, 2.45) is 0 Å². The number of sulfonamides is 1. The predicted octanol–water partition coefficient (Wildman–Crippen LogP) is 2.84. The normalized spacial score (nSPS) is 11.0. The van der Waals surface area contributed by atoms with E-state index in [1.807, 2.05) is 32.9 Å². The van der Waals surface area contributed by atoms with Gasteiger partial charge in [0.2, 0.25) is 15.8 Å². The van der Waals surface area contributed by atoms with E-state index in [9.17, 15) is 18.0 Å². The summed E-state index contributed by atoms with van der Waals surface area (Å²) in [5.41, 5.74) is 3.50. The third-order valence-corrected chi connectivity index (χ3v) is 5.88. The van der Waals surface area contributed by atoms with Crippen molar-refractivity contribution in [2.45, 2.75) is 32.1 Å². The van der Waals surface area contributed by atoms with Gasteiger partial charge in [-0.2, -0.15) is 5.26 Å². The van der Waals surface area contributed by atoms with Gasteiger partial charge in [-0.1, -0.05) is 6.07 Å². The van der Waals surface area contributed by atoms with Crippen LogP contribution in [0.15, 0.2) is 41.3 Å². The number of nitrogens with zero attached hydrogens (tertiary/aromatic N) is 1. The molecule has 0 aromatic heterocycles. The molecule has 0 aliphatic heterocycles. The lowest BCUT2D eigenvalue weighted by molar-refractivity contribution is 0.0474. The Morgan fingerprint density at radius 2 is 1.66 bits per heavy atom. The van der Waals surface area contributed by atoms with E-state index in [4.69, 9.17) is 10.00 Å². The van der Waals surface area contributed by atoms with Crippen molar-refractivity contribution in [1.29, 1.82) is 5.26 Å². The standard InChI is InChI=1S/C21H22N2O5S/c1-14-11-16(3)19(12-15(14)2)20(24)13-28-21(25)17-5-7-18(8-6-17)29(26,27)23-10-4-9-22/h5-8,11-12,23H,4,10,13H2,1-3H3. The Hall–Kier alpha value is -3.02. The quantitative estimate of drug-likeness (QED) is 0.404. The van der Waals surface area contributed by atoms with E-state index < -0.39 is 22.6 Å². The monoisotopic (exact) mass is 414 g/mol. The largest absolute Gasteiger partial charge is 0.454 e. The molecule has 152 valence electrons. The Morgan fingerprint density at radius 1 is 1.03 bits per heavy atom. The smallest absolute Gasteiger partial charge is 0.338 e. The van der Waals surface area contributed by atoms with E-state index in [1.165, 1.54) is 24.3 Å². The number of nitriles is 1. The molecule has 0 bridgehead atoms. The Balaban J connectivity index is 2.02. The van der Waals surface area contributed by atoms with E-state index in [0.717, 1.165) is 16.7 Å². The van der Waals surface area contributed by atoms with E-state index >= 15 is 0 Å². The highest BCUT2D eigenvalue weighted by Gasteiger charge is 2.17. The van der Waals surface area contributed by atoms with Crippen LogP contribution >= 0.6 is 0 Å². The second-order valence-corrected chi connectivity index (χ2v) is 8.35. The number of aryl methyl sites for hydroxylation is 3. The first kappa shape index (κ1) is 22.3. The van der Waals surface area contributed by atoms with Crippen LogP contribution < -0.4 is 4.72 Å². The molecule has 0 amide bonds. The maximum atomic E-state index is 12.4. The number of carbonyl (C=O) groups excluding carboxylic acids is 2. The number of nitrogens with one attached hydrogen (secondary N) is 1. The molecule has 2 rings (SSSR count). The summed E-state index contributed by atoms with van der Waals surface area (Å²) in [6.45, 7) is 5.29. The summed E-state index contributed by atoms with van der Waals surface area (Å²) < 4.78 is 31.5. The summed E-state index contributed by atoms with van der Waals surface area (Å²) in [5, 5.41) is 8.47. The summed E-state index contributed by atoms with van der Waals surface area (Å²) >= 11 is 0. The van der Waals surface area contributed by atoms with Crippen LogP contribution in [0.1, 0.15) is 43.8 Å². The van der Waals surface area contributed by atoms with Crippen molar-refractivity contribution < 1.29 is 22.7 Å². The molecule has 2 aromatic carbocycles. The molecule has 0 aliphatic rings. The van der Waals surface area contributed by atoms with E-state index in [2.05, 4.69) is 4.72 Å². The lowest BCUT2D eigenvalue weighted by Gasteiger charge is -2.10. The zero-order valence-corrected chi connectivity index (χ0v) is 17.3. The Labute approximate surface area is 170 Å². The average Bonchev–Trinajstić information content (AvgIpc) is 2.69. The van der Waals surface area contributed by atoms with Crippen LogP contribution in [-0.2, 0) is 14.8 Å². The van der Waals surface area contributed by atoms with Gasteiger partial charge in [0.15, 0.2) is 6.61 Å². The zero-order chi connectivity index (χ0) is 21.6. The summed E-state index contributed by atoms with van der Waals surface area (Å²) in [6.07, 6.45) is 0.0532. The van der Waals surface area contributed by atoms with Crippen LogP contribution in [0.5, 0.6) is 0 Å². The number of ketones is 1. The van der Waals surface area contributed by atoms with Gasteiger partial charge in [-0.25, -0.2) is 17.9 Å². The Morgan fingerprint density at radius 3 is 2.28 bits per heavy atom. The molecule has 0 unspecified atom stereocenters. The fourth-order valence-corrected chi connectivity index (χ4v) is 3.68. The van der Waals surface area contributed by atoms with E-state index in [1.54, 1.807) is 6.07 Å². The number of benzene rings is 2. The van der Waals surface area contributed by atoms with Gasteiger partial charge >= 0.3 is 5.97 Å². The Bertz CT molecular complexity index is 1070. The molecule has 2 aromatic rings. The minimum atomic E-state index is -3.76. The van der Waals surface area contributed by atoms with Crippen LogP contribution in [0.4, 0.5) is 0 Å². The molecule has 0 aliphatic carbocycles. The molecule has 0 heterocycles. The summed E-state index contributed by atoms with van der Waals surface area (Å²) in [4.78, 5) is 24.5. The number of hydrogen-bond donors (Lipinski definition) is 1. The molecule has 0 saturated carbocycles. The topological polar surface area (TPSA) is 113 Å². The molecule has 0 atom stereocenters. The number of ether oxygens (including phenoxy) is 1. The number of esters is 1. The van der Waals surface area contributed by atoms with Crippen LogP contribution in [0, 0.1) is 32.1 Å². The summed E-state index contributed by atoms with van der Waals surface area (Å²) in [7, 11) is -3.76. The minimum absolute atomic E-state index is 0.00262. The lowest BCUT2D eigenvalue weighted by Crippen LogP contribution is -2.24. The van der Waals surface area contributed by atoms with Gasteiger partial charge in [0.1, 0.15) is 0 Å². The van der Waals surface area contributed by atoms with Crippen molar-refractivity contribution in [3.63, 3.8) is 0 Å². The van der Waals surface area contributed by atoms with Crippen molar-refractivity contribution in [1.82, 2.24) is 4.72 Å². The third kappa shape index (κ3) is 5.73. The van der Waals surface area contributed by atoms with Crippen molar-refractivity contribution in [3.8, 4) is 6.07 Å². The van der Waals surface area contributed by atoms with Crippen LogP contribution in [-0.4, -0.2) is 33.3 Å². The minimum Gasteiger partial charge on any atom is -0.454 e. The van der Waals surface area contributed by atoms with Crippen molar-refractivity contribution in [2.75, 3.05) is 13.2 Å². The van der Waals surface area contributed by atoms with Crippen molar-refractivity contribution >= 4 is 21.8 Å². The van der Waals surface area contributed by atoms with Gasteiger partial charge in [0.05, 0.1) is 16.5 Å². The second-order valence-electron chi connectivity index (χ2n) is 6.58. The molecular weight excluding hydrogens is 392 g/mol. The third-order valence-electron chi connectivity index (χ3n) is 4.40. The molecule has 0 radical (unpaired) electrons. The van der Waals surface area contributed by atoms with Crippen LogP contribution in [0.3, 0.4) is 0 Å². The number of rotatable bonds is 8. The number of hydrogen-bond acceptors (Lipinski definition) is 6. The zero-order valence-electron chi connectivity index (χ0n) is 16.5. The molecule has 0 fully saturated rings. The highest BCUT2D eigenvalue weighted by molar-refractivity contribution is 7.89. The first-order chi connectivity index (χ1) is 13.7. The fraction of sp³-hybridized carbons (Fsp3) is 0.286. The molecule has 0 saturated heterocycles. The van der Waals surface area contributed by atoms with Crippen molar-refractivity contribution in [3.05, 3.63) is 64.2 Å². The van der Waals surface area contributed by atoms with Gasteiger partial charge in [-0.15, -0.1) is 0 Å². The maximum Gasteiger partial charge on any atom is 0.338 e. The molecule has 8 heteroatoms. The number of Topliss-reactive ketones (excluding diaryl/α,β-unsaturated/α-hetero) is 1. The molecule has 29 heavy (non-hydrogen) atoms. The molecular formula is C21H22N2O5S.